The number of alkyl halides is 3. The van der Waals surface area contributed by atoms with E-state index < -0.39 is 22.1 Å². The van der Waals surface area contributed by atoms with Crippen molar-refractivity contribution >= 4 is 26.8 Å². The van der Waals surface area contributed by atoms with Crippen molar-refractivity contribution in [1.29, 1.82) is 0 Å². The van der Waals surface area contributed by atoms with Gasteiger partial charge in [-0.15, -0.1) is 13.2 Å². The van der Waals surface area contributed by atoms with Crippen LogP contribution in [0.4, 0.5) is 13.2 Å². The van der Waals surface area contributed by atoms with Crippen molar-refractivity contribution in [3.63, 3.8) is 0 Å². The van der Waals surface area contributed by atoms with Gasteiger partial charge in [-0.3, -0.25) is 4.79 Å². The number of halogens is 3. The highest BCUT2D eigenvalue weighted by Crippen LogP contribution is 2.23. The lowest BCUT2D eigenvalue weighted by Crippen LogP contribution is -2.31. The van der Waals surface area contributed by atoms with E-state index in [0.29, 0.717) is 13.0 Å². The maximum atomic E-state index is 12.2. The molecule has 3 aromatic rings. The molecule has 1 heterocycles. The molecule has 0 aliphatic rings. The van der Waals surface area contributed by atoms with E-state index in [1.807, 2.05) is 36.5 Å². The summed E-state index contributed by atoms with van der Waals surface area (Å²) >= 11 is 0. The minimum Gasteiger partial charge on any atom is -0.406 e. The van der Waals surface area contributed by atoms with E-state index in [9.17, 15) is 26.4 Å². The Morgan fingerprint density at radius 1 is 1.00 bits per heavy atom. The number of nitrogens with one attached hydrogen (secondary N) is 2. The van der Waals surface area contributed by atoms with Crippen LogP contribution in [0.1, 0.15) is 12.8 Å². The molecule has 0 radical (unpaired) electrons. The fraction of sp³-hybridized carbons (Fsp3) is 0.286. The molecule has 0 aliphatic heterocycles. The Balaban J connectivity index is 1.38. The standard InChI is InChI=1S/C21H22F3N3O4S/c22-21(23,24)31-17-6-8-18(9-7-17)32(29,30)26-13-10-20(28)25-12-3-14-27-15-11-16-4-1-2-5-19(16)27/h1-2,4-9,11,15,26H,3,10,12-14H2,(H,25,28). The van der Waals surface area contributed by atoms with E-state index in [-0.39, 0.29) is 23.8 Å². The van der Waals surface area contributed by atoms with Crippen LogP contribution in [-0.4, -0.2) is 38.3 Å². The van der Waals surface area contributed by atoms with Crippen molar-refractivity contribution in [3.05, 3.63) is 60.8 Å². The number of nitrogens with zero attached hydrogens (tertiary/aromatic N) is 1. The first-order valence-corrected chi connectivity index (χ1v) is 11.3. The van der Waals surface area contributed by atoms with Gasteiger partial charge in [0.05, 0.1) is 4.90 Å². The number of aryl methyl sites for hydroxylation is 1. The van der Waals surface area contributed by atoms with Crippen LogP contribution in [0.5, 0.6) is 5.75 Å². The van der Waals surface area contributed by atoms with Crippen LogP contribution >= 0.6 is 0 Å². The minimum absolute atomic E-state index is 0.0685. The molecule has 1 amide bonds. The van der Waals surface area contributed by atoms with Crippen molar-refractivity contribution < 1.29 is 31.1 Å². The van der Waals surface area contributed by atoms with E-state index in [0.717, 1.165) is 41.7 Å². The number of amides is 1. The maximum absolute atomic E-state index is 12.2. The highest BCUT2D eigenvalue weighted by atomic mass is 32.2. The normalized spacial score (nSPS) is 12.1. The summed E-state index contributed by atoms with van der Waals surface area (Å²) in [7, 11) is -3.96. The molecule has 3 rings (SSSR count). The maximum Gasteiger partial charge on any atom is 0.573 e. The smallest absolute Gasteiger partial charge is 0.406 e. The van der Waals surface area contributed by atoms with Crippen molar-refractivity contribution in [2.45, 2.75) is 30.6 Å². The summed E-state index contributed by atoms with van der Waals surface area (Å²) < 4.78 is 69.0. The number of carbonyl (C=O) groups excluding carboxylic acids is 1. The van der Waals surface area contributed by atoms with Crippen molar-refractivity contribution in [2.24, 2.45) is 0 Å². The lowest BCUT2D eigenvalue weighted by atomic mass is 10.2. The molecule has 0 fully saturated rings. The number of para-hydroxylation sites is 1. The molecule has 0 aliphatic carbocycles. The van der Waals surface area contributed by atoms with Crippen LogP contribution in [0.25, 0.3) is 10.9 Å². The van der Waals surface area contributed by atoms with E-state index in [1.165, 1.54) is 0 Å². The SMILES string of the molecule is O=C(CCNS(=O)(=O)c1ccc(OC(F)(F)F)cc1)NCCCn1ccc2ccccc21. The van der Waals surface area contributed by atoms with Gasteiger partial charge >= 0.3 is 6.36 Å². The van der Waals surface area contributed by atoms with Crippen LogP contribution in [0, 0.1) is 0 Å². The summed E-state index contributed by atoms with van der Waals surface area (Å²) in [5.41, 5.74) is 1.12. The van der Waals surface area contributed by atoms with Crippen molar-refractivity contribution in [1.82, 2.24) is 14.6 Å². The summed E-state index contributed by atoms with van der Waals surface area (Å²) in [4.78, 5) is 11.7. The largest absolute Gasteiger partial charge is 0.573 e. The number of ether oxygens (including phenoxy) is 1. The topological polar surface area (TPSA) is 89.4 Å². The summed E-state index contributed by atoms with van der Waals surface area (Å²) in [5, 5.41) is 3.88. The van der Waals surface area contributed by atoms with Crippen LogP contribution in [0.3, 0.4) is 0 Å². The molecule has 0 bridgehead atoms. The van der Waals surface area contributed by atoms with Crippen LogP contribution in [0.2, 0.25) is 0 Å². The van der Waals surface area contributed by atoms with Gasteiger partial charge in [0.15, 0.2) is 0 Å². The lowest BCUT2D eigenvalue weighted by molar-refractivity contribution is -0.274. The third kappa shape index (κ3) is 6.72. The van der Waals surface area contributed by atoms with Crippen LogP contribution in [-0.2, 0) is 21.4 Å². The van der Waals surface area contributed by atoms with E-state index in [2.05, 4.69) is 19.3 Å². The van der Waals surface area contributed by atoms with Gasteiger partial charge in [0.1, 0.15) is 5.75 Å². The summed E-state index contributed by atoms with van der Waals surface area (Å²) in [5.74, 6) is -0.831. The molecule has 0 unspecified atom stereocenters. The summed E-state index contributed by atoms with van der Waals surface area (Å²) in [6.07, 6.45) is -2.23. The van der Waals surface area contributed by atoms with Gasteiger partial charge in [0.25, 0.3) is 0 Å². The molecule has 0 atom stereocenters. The Labute approximate surface area is 183 Å². The average Bonchev–Trinajstić information content (AvgIpc) is 3.13. The quantitative estimate of drug-likeness (QED) is 0.446. The molecule has 1 aromatic heterocycles. The average molecular weight is 469 g/mol. The highest BCUT2D eigenvalue weighted by molar-refractivity contribution is 7.89. The highest BCUT2D eigenvalue weighted by Gasteiger charge is 2.31. The van der Waals surface area contributed by atoms with Crippen molar-refractivity contribution in [3.8, 4) is 5.75 Å². The molecule has 0 saturated carbocycles. The number of rotatable bonds is 10. The van der Waals surface area contributed by atoms with E-state index in [1.54, 1.807) is 0 Å². The lowest BCUT2D eigenvalue weighted by Gasteiger charge is -2.10. The predicted molar refractivity (Wildman–Crippen MR) is 112 cm³/mol. The molecule has 11 heteroatoms. The van der Waals surface area contributed by atoms with Gasteiger partial charge in [0.2, 0.25) is 15.9 Å². The first-order chi connectivity index (χ1) is 15.1. The van der Waals surface area contributed by atoms with Gasteiger partial charge in [0, 0.05) is 37.8 Å². The number of hydrogen-bond donors (Lipinski definition) is 2. The van der Waals surface area contributed by atoms with Gasteiger partial charge in [-0.1, -0.05) is 18.2 Å². The zero-order valence-corrected chi connectivity index (χ0v) is 17.7. The zero-order chi connectivity index (χ0) is 23.2. The number of aromatic nitrogens is 1. The Morgan fingerprint density at radius 2 is 1.72 bits per heavy atom. The molecule has 7 nitrogen and oxygen atoms in total. The number of benzene rings is 2. The molecule has 172 valence electrons. The monoisotopic (exact) mass is 469 g/mol. The zero-order valence-electron chi connectivity index (χ0n) is 16.9. The second kappa shape index (κ2) is 10.0. The third-order valence-corrected chi connectivity index (χ3v) is 6.07. The van der Waals surface area contributed by atoms with E-state index >= 15 is 0 Å². The molecule has 32 heavy (non-hydrogen) atoms. The fourth-order valence-corrected chi connectivity index (χ4v) is 4.14. The van der Waals surface area contributed by atoms with Gasteiger partial charge in [-0.05, 0) is 48.2 Å². The first-order valence-electron chi connectivity index (χ1n) is 9.80. The first kappa shape index (κ1) is 23.6. The number of fused-ring (bicyclic) bond motifs is 1. The molecular formula is C21H22F3N3O4S. The number of carbonyl (C=O) groups is 1. The van der Waals surface area contributed by atoms with Crippen LogP contribution in [0.15, 0.2) is 65.7 Å². The molecule has 2 aromatic carbocycles. The second-order valence-corrected chi connectivity index (χ2v) is 8.71. The molecule has 0 saturated heterocycles. The minimum atomic E-state index is -4.86. The van der Waals surface area contributed by atoms with Crippen LogP contribution < -0.4 is 14.8 Å². The Bertz CT molecular complexity index is 1160. The summed E-state index contributed by atoms with van der Waals surface area (Å²) in [6.45, 7) is 1.03. The third-order valence-electron chi connectivity index (χ3n) is 4.59. The van der Waals surface area contributed by atoms with Gasteiger partial charge in [-0.2, -0.15) is 0 Å². The summed E-state index contributed by atoms with van der Waals surface area (Å²) in [6, 6.07) is 13.8. The second-order valence-electron chi connectivity index (χ2n) is 6.94. The Hall–Kier alpha value is -3.05. The Morgan fingerprint density at radius 3 is 2.44 bits per heavy atom. The van der Waals surface area contributed by atoms with Crippen molar-refractivity contribution in [2.75, 3.05) is 13.1 Å². The molecule has 2 N–H and O–H groups in total. The van der Waals surface area contributed by atoms with Gasteiger partial charge < -0.3 is 14.6 Å². The van der Waals surface area contributed by atoms with Gasteiger partial charge in [-0.25, -0.2) is 13.1 Å². The predicted octanol–water partition coefficient (Wildman–Crippen LogP) is 3.41. The molecular weight excluding hydrogens is 447 g/mol. The number of sulfonamides is 1. The molecule has 0 spiro atoms. The Kier molecular flexibility index (Phi) is 7.41. The number of hydrogen-bond acceptors (Lipinski definition) is 4. The fourth-order valence-electron chi connectivity index (χ4n) is 3.10. The van der Waals surface area contributed by atoms with E-state index in [4.69, 9.17) is 0 Å².